The zero-order valence-electron chi connectivity index (χ0n) is 10.1. The van der Waals surface area contributed by atoms with Gasteiger partial charge in [0.25, 0.3) is 0 Å². The Hall–Kier alpha value is -1.02. The molecule has 0 aromatic heterocycles. The lowest BCUT2D eigenvalue weighted by Crippen LogP contribution is -2.28. The molecule has 2 atom stereocenters. The monoisotopic (exact) mass is 207 g/mol. The number of benzene rings is 1. The molecule has 0 radical (unpaired) electrons. The zero-order chi connectivity index (χ0) is 11.3. The van der Waals surface area contributed by atoms with Crippen molar-refractivity contribution >= 4 is 0 Å². The lowest BCUT2D eigenvalue weighted by molar-refractivity contribution is 0.414. The van der Waals surface area contributed by atoms with E-state index in [9.17, 15) is 0 Å². The second-order valence-electron chi connectivity index (χ2n) is 3.97. The van der Waals surface area contributed by atoms with Gasteiger partial charge in [-0.3, -0.25) is 0 Å². The Morgan fingerprint density at radius 3 is 2.27 bits per heavy atom. The maximum absolute atomic E-state index is 5.13. The van der Waals surface area contributed by atoms with Crippen molar-refractivity contribution < 1.29 is 4.74 Å². The van der Waals surface area contributed by atoms with Gasteiger partial charge in [0.2, 0.25) is 0 Å². The number of hydrogen-bond donors (Lipinski definition) is 1. The largest absolute Gasteiger partial charge is 0.497 e. The van der Waals surface area contributed by atoms with Gasteiger partial charge in [-0.25, -0.2) is 0 Å². The molecular formula is C13H21NO. The zero-order valence-corrected chi connectivity index (χ0v) is 10.1. The first kappa shape index (κ1) is 12.1. The highest BCUT2D eigenvalue weighted by Gasteiger charge is 2.07. The average molecular weight is 207 g/mol. The van der Waals surface area contributed by atoms with Crippen molar-refractivity contribution in [2.45, 2.75) is 39.3 Å². The summed E-state index contributed by atoms with van der Waals surface area (Å²) in [4.78, 5) is 0. The van der Waals surface area contributed by atoms with Gasteiger partial charge in [0.05, 0.1) is 7.11 Å². The summed E-state index contributed by atoms with van der Waals surface area (Å²) in [6, 6.07) is 9.18. The molecule has 2 heteroatoms. The van der Waals surface area contributed by atoms with Crippen molar-refractivity contribution in [3.63, 3.8) is 0 Å². The third-order valence-corrected chi connectivity index (χ3v) is 2.76. The fourth-order valence-electron chi connectivity index (χ4n) is 1.53. The summed E-state index contributed by atoms with van der Waals surface area (Å²) >= 11 is 0. The molecule has 2 nitrogen and oxygen atoms in total. The topological polar surface area (TPSA) is 21.3 Å². The third-order valence-electron chi connectivity index (χ3n) is 2.76. The Morgan fingerprint density at radius 1 is 1.20 bits per heavy atom. The minimum atomic E-state index is 0.394. The SMILES string of the molecule is CC[C@@H](C)N[C@H](C)c1ccc(OC)cc1. The number of methoxy groups -OCH3 is 1. The summed E-state index contributed by atoms with van der Waals surface area (Å²) in [6.45, 7) is 6.59. The molecule has 84 valence electrons. The molecule has 1 rings (SSSR count). The highest BCUT2D eigenvalue weighted by molar-refractivity contribution is 5.28. The van der Waals surface area contributed by atoms with Crippen LogP contribution in [0.5, 0.6) is 5.75 Å². The van der Waals surface area contributed by atoms with Gasteiger partial charge in [0, 0.05) is 12.1 Å². The summed E-state index contributed by atoms with van der Waals surface area (Å²) in [6.07, 6.45) is 1.15. The van der Waals surface area contributed by atoms with E-state index in [1.807, 2.05) is 12.1 Å². The van der Waals surface area contributed by atoms with Crippen molar-refractivity contribution in [3.05, 3.63) is 29.8 Å². The number of ether oxygens (including phenoxy) is 1. The standard InChI is InChI=1S/C13H21NO/c1-5-10(2)14-11(3)12-6-8-13(15-4)9-7-12/h6-11,14H,5H2,1-4H3/t10-,11-/m1/s1. The number of rotatable bonds is 5. The molecule has 0 aliphatic heterocycles. The quantitative estimate of drug-likeness (QED) is 0.801. The summed E-state index contributed by atoms with van der Waals surface area (Å²) in [5.74, 6) is 0.912. The minimum Gasteiger partial charge on any atom is -0.497 e. The van der Waals surface area contributed by atoms with E-state index >= 15 is 0 Å². The molecule has 0 amide bonds. The summed E-state index contributed by atoms with van der Waals surface area (Å²) in [5.41, 5.74) is 1.30. The predicted molar refractivity (Wildman–Crippen MR) is 64.3 cm³/mol. The van der Waals surface area contributed by atoms with Crippen molar-refractivity contribution in [1.29, 1.82) is 0 Å². The molecule has 0 aliphatic carbocycles. The number of nitrogens with one attached hydrogen (secondary N) is 1. The van der Waals surface area contributed by atoms with Crippen LogP contribution >= 0.6 is 0 Å². The molecule has 0 saturated carbocycles. The Labute approximate surface area is 92.6 Å². The third kappa shape index (κ3) is 3.56. The van der Waals surface area contributed by atoms with Crippen molar-refractivity contribution in [3.8, 4) is 5.75 Å². The maximum Gasteiger partial charge on any atom is 0.118 e. The van der Waals surface area contributed by atoms with E-state index in [2.05, 4.69) is 38.2 Å². The molecular weight excluding hydrogens is 186 g/mol. The van der Waals surface area contributed by atoms with Gasteiger partial charge in [0.1, 0.15) is 5.75 Å². The van der Waals surface area contributed by atoms with Crippen LogP contribution in [0.4, 0.5) is 0 Å². The molecule has 1 aromatic rings. The lowest BCUT2D eigenvalue weighted by atomic mass is 10.1. The van der Waals surface area contributed by atoms with Crippen LogP contribution in [0.1, 0.15) is 38.8 Å². The summed E-state index contributed by atoms with van der Waals surface area (Å²) in [7, 11) is 1.69. The van der Waals surface area contributed by atoms with Gasteiger partial charge in [-0.15, -0.1) is 0 Å². The van der Waals surface area contributed by atoms with E-state index in [-0.39, 0.29) is 0 Å². The van der Waals surface area contributed by atoms with Crippen molar-refractivity contribution in [2.75, 3.05) is 7.11 Å². The normalized spacial score (nSPS) is 14.7. The van der Waals surface area contributed by atoms with E-state index in [4.69, 9.17) is 4.74 Å². The van der Waals surface area contributed by atoms with Crippen LogP contribution in [-0.2, 0) is 0 Å². The smallest absolute Gasteiger partial charge is 0.118 e. The first-order chi connectivity index (χ1) is 7.17. The molecule has 0 unspecified atom stereocenters. The van der Waals surface area contributed by atoms with Crippen LogP contribution < -0.4 is 10.1 Å². The first-order valence-corrected chi connectivity index (χ1v) is 5.57. The van der Waals surface area contributed by atoms with E-state index < -0.39 is 0 Å². The molecule has 1 N–H and O–H groups in total. The fraction of sp³-hybridized carbons (Fsp3) is 0.538. The second-order valence-corrected chi connectivity index (χ2v) is 3.97. The highest BCUT2D eigenvalue weighted by Crippen LogP contribution is 2.17. The first-order valence-electron chi connectivity index (χ1n) is 5.57. The van der Waals surface area contributed by atoms with Crippen LogP contribution in [0.25, 0.3) is 0 Å². The van der Waals surface area contributed by atoms with Gasteiger partial charge >= 0.3 is 0 Å². The van der Waals surface area contributed by atoms with Crippen LogP contribution in [0.15, 0.2) is 24.3 Å². The molecule has 0 aliphatic rings. The molecule has 1 aromatic carbocycles. The Balaban J connectivity index is 2.61. The van der Waals surface area contributed by atoms with Gasteiger partial charge in [-0.1, -0.05) is 19.1 Å². The van der Waals surface area contributed by atoms with Gasteiger partial charge in [0.15, 0.2) is 0 Å². The van der Waals surface area contributed by atoms with Gasteiger partial charge in [-0.05, 0) is 38.0 Å². The molecule has 15 heavy (non-hydrogen) atoms. The Morgan fingerprint density at radius 2 is 1.80 bits per heavy atom. The second kappa shape index (κ2) is 5.76. The van der Waals surface area contributed by atoms with Crippen LogP contribution in [0, 0.1) is 0 Å². The molecule has 0 spiro atoms. The molecule has 0 bridgehead atoms. The maximum atomic E-state index is 5.13. The van der Waals surface area contributed by atoms with E-state index in [0.717, 1.165) is 12.2 Å². The molecule has 0 saturated heterocycles. The van der Waals surface area contributed by atoms with Crippen LogP contribution in [0.2, 0.25) is 0 Å². The van der Waals surface area contributed by atoms with Gasteiger partial charge < -0.3 is 10.1 Å². The fourth-order valence-corrected chi connectivity index (χ4v) is 1.53. The van der Waals surface area contributed by atoms with E-state index in [0.29, 0.717) is 12.1 Å². The van der Waals surface area contributed by atoms with Crippen LogP contribution in [-0.4, -0.2) is 13.2 Å². The lowest BCUT2D eigenvalue weighted by Gasteiger charge is -2.19. The number of hydrogen-bond acceptors (Lipinski definition) is 2. The van der Waals surface area contributed by atoms with Gasteiger partial charge in [-0.2, -0.15) is 0 Å². The highest BCUT2D eigenvalue weighted by atomic mass is 16.5. The Bertz CT molecular complexity index is 281. The Kier molecular flexibility index (Phi) is 4.63. The minimum absolute atomic E-state index is 0.394. The van der Waals surface area contributed by atoms with Crippen molar-refractivity contribution in [1.82, 2.24) is 5.32 Å². The predicted octanol–water partition coefficient (Wildman–Crippen LogP) is 3.14. The van der Waals surface area contributed by atoms with E-state index in [1.54, 1.807) is 7.11 Å². The average Bonchev–Trinajstić information content (AvgIpc) is 2.29. The molecule has 0 heterocycles. The van der Waals surface area contributed by atoms with Crippen LogP contribution in [0.3, 0.4) is 0 Å². The molecule has 0 fully saturated rings. The summed E-state index contributed by atoms with van der Waals surface area (Å²) in [5, 5.41) is 3.54. The van der Waals surface area contributed by atoms with Crippen molar-refractivity contribution in [2.24, 2.45) is 0 Å². The summed E-state index contributed by atoms with van der Waals surface area (Å²) < 4.78 is 5.13. The van der Waals surface area contributed by atoms with E-state index in [1.165, 1.54) is 5.56 Å².